The van der Waals surface area contributed by atoms with Crippen LogP contribution in [-0.4, -0.2) is 24.6 Å². The van der Waals surface area contributed by atoms with Crippen LogP contribution in [0.15, 0.2) is 42.5 Å². The molecule has 9 heteroatoms. The van der Waals surface area contributed by atoms with E-state index in [4.69, 9.17) is 16.3 Å². The minimum atomic E-state index is -3.13. The van der Waals surface area contributed by atoms with Crippen molar-refractivity contribution in [2.75, 3.05) is 5.32 Å². The molecule has 0 fully saturated rings. The van der Waals surface area contributed by atoms with Gasteiger partial charge >= 0.3 is 12.6 Å². The molecule has 26 heavy (non-hydrogen) atoms. The fourth-order valence-electron chi connectivity index (χ4n) is 1.94. The Hall–Kier alpha value is -2.74. The van der Waals surface area contributed by atoms with Crippen LogP contribution >= 0.6 is 11.6 Å². The van der Waals surface area contributed by atoms with Gasteiger partial charge in [-0.15, -0.1) is 0 Å². The van der Waals surface area contributed by atoms with Gasteiger partial charge in [-0.05, 0) is 37.3 Å². The normalized spacial score (nSPS) is 11.8. The van der Waals surface area contributed by atoms with Gasteiger partial charge in [-0.3, -0.25) is 4.79 Å². The van der Waals surface area contributed by atoms with Gasteiger partial charge in [0.25, 0.3) is 5.91 Å². The lowest BCUT2D eigenvalue weighted by Gasteiger charge is -2.15. The standard InChI is InChI=1S/C17H13ClF3NO4/c1-9(15(23)22-13-7-6-10(18)8-12(13)19)25-16(24)11-4-2-3-5-14(11)26-17(20)21/h2-9,17H,1H3,(H,22,23)/t9-/m0/s1. The molecule has 1 atom stereocenters. The maximum absolute atomic E-state index is 13.7. The second-order valence-corrected chi connectivity index (χ2v) is 5.47. The summed E-state index contributed by atoms with van der Waals surface area (Å²) in [5.74, 6) is -3.00. The Kier molecular flexibility index (Phi) is 6.46. The molecule has 1 amide bonds. The van der Waals surface area contributed by atoms with Crippen LogP contribution in [0.4, 0.5) is 18.9 Å². The highest BCUT2D eigenvalue weighted by Crippen LogP contribution is 2.22. The summed E-state index contributed by atoms with van der Waals surface area (Å²) in [4.78, 5) is 24.1. The number of hydrogen-bond donors (Lipinski definition) is 1. The number of para-hydroxylation sites is 1. The number of carbonyl (C=O) groups excluding carboxylic acids is 2. The smallest absolute Gasteiger partial charge is 0.387 e. The van der Waals surface area contributed by atoms with Crippen molar-refractivity contribution >= 4 is 29.2 Å². The summed E-state index contributed by atoms with van der Waals surface area (Å²) >= 11 is 5.62. The third kappa shape index (κ3) is 5.13. The monoisotopic (exact) mass is 387 g/mol. The first-order valence-electron chi connectivity index (χ1n) is 7.28. The van der Waals surface area contributed by atoms with E-state index in [1.807, 2.05) is 0 Å². The molecule has 0 saturated heterocycles. The molecule has 0 aliphatic carbocycles. The Morgan fingerprint density at radius 3 is 2.50 bits per heavy atom. The molecule has 0 radical (unpaired) electrons. The fraction of sp³-hybridized carbons (Fsp3) is 0.176. The van der Waals surface area contributed by atoms with E-state index in [0.29, 0.717) is 0 Å². The maximum atomic E-state index is 13.7. The first-order chi connectivity index (χ1) is 12.3. The van der Waals surface area contributed by atoms with E-state index >= 15 is 0 Å². The van der Waals surface area contributed by atoms with Crippen molar-refractivity contribution in [1.82, 2.24) is 0 Å². The Balaban J connectivity index is 2.06. The summed E-state index contributed by atoms with van der Waals surface area (Å²) in [6.45, 7) is -1.88. The molecule has 0 bridgehead atoms. The number of carbonyl (C=O) groups is 2. The van der Waals surface area contributed by atoms with E-state index in [1.165, 1.54) is 37.3 Å². The van der Waals surface area contributed by atoms with Gasteiger partial charge in [0.2, 0.25) is 0 Å². The average molecular weight is 388 g/mol. The zero-order valence-electron chi connectivity index (χ0n) is 13.3. The van der Waals surface area contributed by atoms with Gasteiger partial charge in [0.05, 0.1) is 5.69 Å². The number of hydrogen-bond acceptors (Lipinski definition) is 4. The number of anilines is 1. The van der Waals surface area contributed by atoms with Crippen LogP contribution in [0, 0.1) is 5.82 Å². The summed E-state index contributed by atoms with van der Waals surface area (Å²) in [6, 6.07) is 8.81. The largest absolute Gasteiger partial charge is 0.449 e. The van der Waals surface area contributed by atoms with Gasteiger partial charge in [-0.2, -0.15) is 8.78 Å². The molecule has 2 aromatic rings. The van der Waals surface area contributed by atoms with Crippen LogP contribution in [-0.2, 0) is 9.53 Å². The van der Waals surface area contributed by atoms with Gasteiger partial charge in [0, 0.05) is 5.02 Å². The molecule has 0 spiro atoms. The van der Waals surface area contributed by atoms with Gasteiger partial charge in [0.15, 0.2) is 6.10 Å². The molecule has 5 nitrogen and oxygen atoms in total. The highest BCUT2D eigenvalue weighted by Gasteiger charge is 2.23. The van der Waals surface area contributed by atoms with Crippen LogP contribution in [0.2, 0.25) is 5.02 Å². The SMILES string of the molecule is C[C@H](OC(=O)c1ccccc1OC(F)F)C(=O)Nc1ccc(Cl)cc1F. The van der Waals surface area contributed by atoms with Crippen molar-refractivity contribution in [2.45, 2.75) is 19.6 Å². The molecule has 2 aromatic carbocycles. The topological polar surface area (TPSA) is 64.6 Å². The van der Waals surface area contributed by atoms with Gasteiger partial charge in [0.1, 0.15) is 17.1 Å². The summed E-state index contributed by atoms with van der Waals surface area (Å²) in [5, 5.41) is 2.39. The Bertz CT molecular complexity index is 816. The summed E-state index contributed by atoms with van der Waals surface area (Å²) < 4.78 is 47.6. The van der Waals surface area contributed by atoms with Crippen LogP contribution in [0.25, 0.3) is 0 Å². The summed E-state index contributed by atoms with van der Waals surface area (Å²) in [7, 11) is 0. The number of nitrogens with one attached hydrogen (secondary N) is 1. The van der Waals surface area contributed by atoms with Crippen LogP contribution in [0.3, 0.4) is 0 Å². The lowest BCUT2D eigenvalue weighted by atomic mass is 10.2. The predicted octanol–water partition coefficient (Wildman–Crippen LogP) is 4.26. The minimum Gasteiger partial charge on any atom is -0.449 e. The minimum absolute atomic E-state index is 0.149. The van der Waals surface area contributed by atoms with E-state index in [9.17, 15) is 22.8 Å². The summed E-state index contributed by atoms with van der Waals surface area (Å²) in [5.41, 5.74) is -0.422. The van der Waals surface area contributed by atoms with E-state index in [1.54, 1.807) is 0 Å². The highest BCUT2D eigenvalue weighted by atomic mass is 35.5. The number of amides is 1. The fourth-order valence-corrected chi connectivity index (χ4v) is 2.10. The van der Waals surface area contributed by atoms with Gasteiger partial charge in [-0.25, -0.2) is 9.18 Å². The van der Waals surface area contributed by atoms with Crippen molar-refractivity contribution in [1.29, 1.82) is 0 Å². The Morgan fingerprint density at radius 2 is 1.85 bits per heavy atom. The molecule has 0 unspecified atom stereocenters. The third-order valence-corrected chi connectivity index (χ3v) is 3.40. The maximum Gasteiger partial charge on any atom is 0.387 e. The Morgan fingerprint density at radius 1 is 1.15 bits per heavy atom. The summed E-state index contributed by atoms with van der Waals surface area (Å²) in [6.07, 6.45) is -1.32. The number of rotatable bonds is 6. The predicted molar refractivity (Wildman–Crippen MR) is 88.0 cm³/mol. The average Bonchev–Trinajstić information content (AvgIpc) is 2.57. The molecule has 0 aromatic heterocycles. The van der Waals surface area contributed by atoms with Crippen molar-refractivity contribution in [3.63, 3.8) is 0 Å². The first kappa shape index (κ1) is 19.6. The van der Waals surface area contributed by atoms with Crippen LogP contribution in [0.5, 0.6) is 5.75 Å². The molecular weight excluding hydrogens is 375 g/mol. The molecule has 2 rings (SSSR count). The second-order valence-electron chi connectivity index (χ2n) is 5.04. The number of ether oxygens (including phenoxy) is 2. The Labute approximate surface area is 151 Å². The van der Waals surface area contributed by atoms with Crippen molar-refractivity contribution < 1.29 is 32.2 Å². The number of esters is 1. The third-order valence-electron chi connectivity index (χ3n) is 3.17. The van der Waals surface area contributed by atoms with Crippen molar-refractivity contribution in [2.24, 2.45) is 0 Å². The van der Waals surface area contributed by atoms with E-state index in [2.05, 4.69) is 10.1 Å². The molecule has 0 saturated carbocycles. The highest BCUT2D eigenvalue weighted by molar-refractivity contribution is 6.30. The molecule has 0 aliphatic heterocycles. The second kappa shape index (κ2) is 8.57. The number of alkyl halides is 2. The molecule has 0 aliphatic rings. The van der Waals surface area contributed by atoms with Crippen molar-refractivity contribution in [3.05, 3.63) is 58.9 Å². The quantitative estimate of drug-likeness (QED) is 0.752. The van der Waals surface area contributed by atoms with Gasteiger partial charge < -0.3 is 14.8 Å². The first-order valence-corrected chi connectivity index (χ1v) is 7.66. The molecule has 138 valence electrons. The van der Waals surface area contributed by atoms with Gasteiger partial charge in [-0.1, -0.05) is 23.7 Å². The van der Waals surface area contributed by atoms with Crippen molar-refractivity contribution in [3.8, 4) is 5.75 Å². The molecular formula is C17H13ClF3NO4. The van der Waals surface area contributed by atoms with E-state index < -0.39 is 30.4 Å². The van der Waals surface area contributed by atoms with E-state index in [-0.39, 0.29) is 22.0 Å². The zero-order chi connectivity index (χ0) is 19.3. The van der Waals surface area contributed by atoms with Crippen LogP contribution < -0.4 is 10.1 Å². The van der Waals surface area contributed by atoms with E-state index in [0.717, 1.165) is 12.1 Å². The number of benzene rings is 2. The molecule has 1 N–H and O–H groups in total. The van der Waals surface area contributed by atoms with Crippen LogP contribution in [0.1, 0.15) is 17.3 Å². The zero-order valence-corrected chi connectivity index (χ0v) is 14.1. The lowest BCUT2D eigenvalue weighted by molar-refractivity contribution is -0.123. The number of halogens is 4. The lowest BCUT2D eigenvalue weighted by Crippen LogP contribution is -2.30. The molecule has 0 heterocycles.